The van der Waals surface area contributed by atoms with Crippen molar-refractivity contribution in [1.82, 2.24) is 34.7 Å². The van der Waals surface area contributed by atoms with Gasteiger partial charge in [-0.05, 0) is 72.7 Å². The zero-order valence-corrected chi connectivity index (χ0v) is 30.9. The molecule has 7 aromatic rings. The second kappa shape index (κ2) is 13.6. The molecule has 0 bridgehead atoms. The van der Waals surface area contributed by atoms with E-state index in [1.54, 1.807) is 23.4 Å². The van der Waals surface area contributed by atoms with E-state index in [1.165, 1.54) is 0 Å². The molecule has 4 aromatic carbocycles. The lowest BCUT2D eigenvalue weighted by molar-refractivity contribution is 0.396. The van der Waals surface area contributed by atoms with E-state index < -0.39 is 5.54 Å². The molecular weight excluding hydrogens is 746 g/mol. The van der Waals surface area contributed by atoms with E-state index in [0.717, 1.165) is 78.0 Å². The number of aryl methyl sites for hydroxylation is 1. The van der Waals surface area contributed by atoms with E-state index in [1.807, 2.05) is 78.9 Å². The van der Waals surface area contributed by atoms with Crippen LogP contribution in [0.4, 0.5) is 0 Å². The largest absolute Gasteiger partial charge is 0.472 e. The van der Waals surface area contributed by atoms with Crippen LogP contribution in [0.5, 0.6) is 0 Å². The standard InChI is InChI=1S/C43H31BrClN7O/c1-2-38-46-36-22-23-37(45)47-42(36)51(38)26-34-31-24-25-53-27-35(31)40(44)39(34)32-20-12-13-21-33(32)41-48-50-52(49-41)43(28-14-6-3-7-15-28,29-16-8-4-9-17-29)30-18-10-5-11-19-30/h3-25,27H,2,26H2,1H3. The Morgan fingerprint density at radius 2 is 1.32 bits per heavy atom. The van der Waals surface area contributed by atoms with Crippen molar-refractivity contribution in [2.75, 3.05) is 0 Å². The van der Waals surface area contributed by atoms with Crippen molar-refractivity contribution in [3.63, 3.8) is 0 Å². The van der Waals surface area contributed by atoms with Crippen molar-refractivity contribution in [3.8, 4) is 33.6 Å². The van der Waals surface area contributed by atoms with Gasteiger partial charge in [-0.1, -0.05) is 134 Å². The van der Waals surface area contributed by atoms with Gasteiger partial charge >= 0.3 is 0 Å². The second-order valence-corrected chi connectivity index (χ2v) is 13.9. The van der Waals surface area contributed by atoms with Crippen LogP contribution in [-0.4, -0.2) is 34.7 Å². The van der Waals surface area contributed by atoms with Crippen molar-refractivity contribution in [2.24, 2.45) is 0 Å². The first-order chi connectivity index (χ1) is 26.1. The van der Waals surface area contributed by atoms with Crippen molar-refractivity contribution in [1.29, 1.82) is 0 Å². The zero-order chi connectivity index (χ0) is 35.9. The van der Waals surface area contributed by atoms with Crippen LogP contribution in [0, 0.1) is 0 Å². The predicted molar refractivity (Wildman–Crippen MR) is 211 cm³/mol. The van der Waals surface area contributed by atoms with E-state index >= 15 is 0 Å². The van der Waals surface area contributed by atoms with Crippen LogP contribution in [0.3, 0.4) is 0 Å². The van der Waals surface area contributed by atoms with Gasteiger partial charge in [0.25, 0.3) is 0 Å². The van der Waals surface area contributed by atoms with Gasteiger partial charge in [0.15, 0.2) is 11.2 Å². The van der Waals surface area contributed by atoms with Gasteiger partial charge in [-0.2, -0.15) is 0 Å². The fourth-order valence-corrected chi connectivity index (χ4v) is 8.42. The zero-order valence-electron chi connectivity index (χ0n) is 28.6. The van der Waals surface area contributed by atoms with Crippen LogP contribution < -0.4 is 0 Å². The van der Waals surface area contributed by atoms with Gasteiger partial charge in [0.05, 0.1) is 19.1 Å². The molecule has 0 unspecified atom stereocenters. The Bertz CT molecular complexity index is 2570. The summed E-state index contributed by atoms with van der Waals surface area (Å²) in [4.78, 5) is 11.4. The van der Waals surface area contributed by atoms with E-state index in [0.29, 0.717) is 17.5 Å². The number of benzene rings is 4. The van der Waals surface area contributed by atoms with Gasteiger partial charge in [-0.15, -0.1) is 15.0 Å². The summed E-state index contributed by atoms with van der Waals surface area (Å²) in [6.45, 7) is 2.60. The number of aromatic nitrogens is 7. The van der Waals surface area contributed by atoms with Gasteiger partial charge in [0, 0.05) is 27.6 Å². The number of nitrogens with zero attached hydrogens (tertiary/aromatic N) is 7. The molecule has 10 heteroatoms. The molecule has 1 aliphatic carbocycles. The van der Waals surface area contributed by atoms with Crippen molar-refractivity contribution < 1.29 is 4.42 Å². The molecule has 0 amide bonds. The van der Waals surface area contributed by atoms with Crippen molar-refractivity contribution >= 4 is 38.7 Å². The third-order valence-corrected chi connectivity index (χ3v) is 10.9. The highest BCUT2D eigenvalue weighted by atomic mass is 79.9. The molecule has 1 aliphatic heterocycles. The summed E-state index contributed by atoms with van der Waals surface area (Å²) >= 11 is 10.4. The lowest BCUT2D eigenvalue weighted by atomic mass is 9.77. The summed E-state index contributed by atoms with van der Waals surface area (Å²) in [5.74, 6) is 1.42. The fraction of sp³-hybridized carbons (Fsp3) is 0.0930. The normalized spacial score (nSPS) is 11.8. The van der Waals surface area contributed by atoms with Crippen LogP contribution in [0.25, 0.3) is 44.8 Å². The average Bonchev–Trinajstić information content (AvgIpc) is 3.91. The minimum atomic E-state index is -0.903. The number of imidazole rings is 1. The Morgan fingerprint density at radius 1 is 0.698 bits per heavy atom. The molecule has 53 heavy (non-hydrogen) atoms. The summed E-state index contributed by atoms with van der Waals surface area (Å²) in [6.07, 6.45) is 4.22. The topological polar surface area (TPSA) is 87.5 Å². The maximum absolute atomic E-state index is 6.42. The van der Waals surface area contributed by atoms with Gasteiger partial charge in [0.1, 0.15) is 16.5 Å². The van der Waals surface area contributed by atoms with E-state index in [2.05, 4.69) is 76.0 Å². The quantitative estimate of drug-likeness (QED) is 0.107. The monoisotopic (exact) mass is 775 g/mol. The second-order valence-electron chi connectivity index (χ2n) is 12.8. The molecule has 0 radical (unpaired) electrons. The number of pyridine rings is 1. The Kier molecular flexibility index (Phi) is 8.45. The van der Waals surface area contributed by atoms with E-state index in [-0.39, 0.29) is 0 Å². The maximum Gasteiger partial charge on any atom is 0.205 e. The molecule has 0 atom stereocenters. The molecule has 0 fully saturated rings. The molecule has 4 heterocycles. The molecule has 0 N–H and O–H groups in total. The molecule has 8 nitrogen and oxygen atoms in total. The summed E-state index contributed by atoms with van der Waals surface area (Å²) in [5.41, 5.74) is 9.54. The highest BCUT2D eigenvalue weighted by Gasteiger charge is 2.41. The molecule has 3 aromatic heterocycles. The lowest BCUT2D eigenvalue weighted by Gasteiger charge is -2.34. The highest BCUT2D eigenvalue weighted by Crippen LogP contribution is 2.49. The fourth-order valence-electron chi connectivity index (χ4n) is 7.51. The third-order valence-electron chi connectivity index (χ3n) is 9.87. The number of hydrogen-bond donors (Lipinski definition) is 0. The average molecular weight is 777 g/mol. The molecule has 0 saturated carbocycles. The van der Waals surface area contributed by atoms with Crippen LogP contribution >= 0.6 is 27.5 Å². The Hall–Kier alpha value is -5.90. The van der Waals surface area contributed by atoms with Crippen LogP contribution in [0.15, 0.2) is 155 Å². The van der Waals surface area contributed by atoms with Crippen LogP contribution in [-0.2, 0) is 18.5 Å². The van der Waals surface area contributed by atoms with E-state index in [4.69, 9.17) is 41.4 Å². The SMILES string of the molecule is CCc1nc2ccc(Cl)nc2n1Cc1c2ccocc-2c(Br)c1-c1ccccc1-c1nnn(C(c2ccccc2)(c2ccccc2)c2ccccc2)n1. The predicted octanol–water partition coefficient (Wildman–Crippen LogP) is 10.3. The molecule has 9 rings (SSSR count). The van der Waals surface area contributed by atoms with E-state index in [9.17, 15) is 0 Å². The number of hydrogen-bond acceptors (Lipinski definition) is 6. The number of halogens is 2. The minimum absolute atomic E-state index is 0.422. The Morgan fingerprint density at radius 3 is 1.96 bits per heavy atom. The maximum atomic E-state index is 6.42. The third kappa shape index (κ3) is 5.46. The summed E-state index contributed by atoms with van der Waals surface area (Å²) in [6, 6.07) is 45.0. The lowest BCUT2D eigenvalue weighted by Crippen LogP contribution is -2.39. The minimum Gasteiger partial charge on any atom is -0.472 e. The Balaban J connectivity index is 1.26. The van der Waals surface area contributed by atoms with Gasteiger partial charge in [-0.25, -0.2) is 9.97 Å². The molecule has 2 aliphatic rings. The van der Waals surface area contributed by atoms with Gasteiger partial charge < -0.3 is 8.98 Å². The highest BCUT2D eigenvalue weighted by molar-refractivity contribution is 9.10. The van der Waals surface area contributed by atoms with Crippen LogP contribution in [0.1, 0.15) is 35.0 Å². The van der Waals surface area contributed by atoms with Crippen molar-refractivity contribution in [3.05, 3.63) is 184 Å². The number of rotatable bonds is 9. The Labute approximate surface area is 319 Å². The summed E-state index contributed by atoms with van der Waals surface area (Å²) < 4.78 is 8.77. The first-order valence-electron chi connectivity index (χ1n) is 17.3. The number of fused-ring (bicyclic) bond motifs is 2. The molecule has 0 spiro atoms. The van der Waals surface area contributed by atoms with Crippen LogP contribution in [0.2, 0.25) is 5.15 Å². The molecular formula is C43H31BrClN7O. The van der Waals surface area contributed by atoms with Crippen molar-refractivity contribution in [2.45, 2.75) is 25.4 Å². The number of tetrazole rings is 1. The molecule has 258 valence electrons. The smallest absolute Gasteiger partial charge is 0.205 e. The van der Waals surface area contributed by atoms with Gasteiger partial charge in [-0.3, -0.25) is 0 Å². The first-order valence-corrected chi connectivity index (χ1v) is 18.5. The first kappa shape index (κ1) is 33.0. The molecule has 0 saturated heterocycles. The summed E-state index contributed by atoms with van der Waals surface area (Å²) in [7, 11) is 0. The summed E-state index contributed by atoms with van der Waals surface area (Å²) in [5, 5.41) is 15.3. The van der Waals surface area contributed by atoms with Gasteiger partial charge in [0.2, 0.25) is 5.82 Å².